The van der Waals surface area contributed by atoms with Crippen molar-refractivity contribution >= 4 is 17.3 Å². The van der Waals surface area contributed by atoms with E-state index in [9.17, 15) is 0 Å². The third kappa shape index (κ3) is 1.84. The molecule has 0 fully saturated rings. The van der Waals surface area contributed by atoms with Crippen molar-refractivity contribution in [3.63, 3.8) is 0 Å². The Kier molecular flexibility index (Phi) is 2.74. The maximum atomic E-state index is 7.62. The van der Waals surface area contributed by atoms with Gasteiger partial charge in [0, 0.05) is 11.3 Å². The normalized spacial score (nSPS) is 10.6. The number of nitrogens with one attached hydrogen (secondary N) is 1. The van der Waals surface area contributed by atoms with E-state index in [1.54, 1.807) is 13.0 Å². The van der Waals surface area contributed by atoms with Crippen molar-refractivity contribution in [1.29, 1.82) is 5.41 Å². The van der Waals surface area contributed by atoms with Crippen LogP contribution >= 0.6 is 0 Å². The number of pyridine rings is 1. The lowest BCUT2D eigenvalue weighted by Gasteiger charge is -2.14. The van der Waals surface area contributed by atoms with Crippen LogP contribution in [0.15, 0.2) is 6.07 Å². The molecule has 76 valence electrons. The summed E-state index contributed by atoms with van der Waals surface area (Å²) >= 11 is 0. The third-order valence-electron chi connectivity index (χ3n) is 2.09. The second-order valence-corrected chi connectivity index (χ2v) is 3.68. The van der Waals surface area contributed by atoms with Crippen LogP contribution in [0.4, 0.5) is 11.6 Å². The summed E-state index contributed by atoms with van der Waals surface area (Å²) in [7, 11) is 0. The monoisotopic (exact) mass is 192 g/mol. The Hall–Kier alpha value is -1.58. The maximum absolute atomic E-state index is 7.62. The Morgan fingerprint density at radius 1 is 1.43 bits per heavy atom. The molecule has 5 N–H and O–H groups in total. The van der Waals surface area contributed by atoms with Gasteiger partial charge in [-0.1, -0.05) is 13.8 Å². The number of aromatic nitrogens is 1. The van der Waals surface area contributed by atoms with Crippen molar-refractivity contribution in [2.24, 2.45) is 0 Å². The van der Waals surface area contributed by atoms with Crippen molar-refractivity contribution in [2.75, 3.05) is 11.5 Å². The van der Waals surface area contributed by atoms with E-state index in [2.05, 4.69) is 4.98 Å². The summed E-state index contributed by atoms with van der Waals surface area (Å²) in [6, 6.07) is 1.79. The molecule has 0 bridgehead atoms. The molecule has 1 aromatic heterocycles. The Labute approximate surface area is 83.8 Å². The number of nitrogen functional groups attached to an aromatic ring is 2. The van der Waals surface area contributed by atoms with Crippen molar-refractivity contribution in [3.8, 4) is 0 Å². The highest BCUT2D eigenvalue weighted by Gasteiger charge is 2.13. The first-order valence-corrected chi connectivity index (χ1v) is 4.55. The fourth-order valence-electron chi connectivity index (χ4n) is 1.47. The molecule has 0 amide bonds. The molecule has 0 aliphatic rings. The van der Waals surface area contributed by atoms with Crippen LogP contribution in [0.1, 0.15) is 37.8 Å². The van der Waals surface area contributed by atoms with Crippen LogP contribution in [0.5, 0.6) is 0 Å². The first-order chi connectivity index (χ1) is 6.43. The highest BCUT2D eigenvalue weighted by Crippen LogP contribution is 2.25. The number of rotatable bonds is 2. The molecule has 4 heteroatoms. The van der Waals surface area contributed by atoms with E-state index >= 15 is 0 Å². The van der Waals surface area contributed by atoms with Gasteiger partial charge in [0.15, 0.2) is 0 Å². The highest BCUT2D eigenvalue weighted by molar-refractivity contribution is 6.02. The molecule has 4 nitrogen and oxygen atoms in total. The summed E-state index contributed by atoms with van der Waals surface area (Å²) in [5.74, 6) is 1.05. The minimum atomic E-state index is 0.290. The Balaban J connectivity index is 3.44. The van der Waals surface area contributed by atoms with E-state index in [4.69, 9.17) is 16.9 Å². The molecule has 0 aliphatic carbocycles. The Bertz CT molecular complexity index is 369. The summed E-state index contributed by atoms with van der Waals surface area (Å²) in [5.41, 5.74) is 13.5. The van der Waals surface area contributed by atoms with Crippen molar-refractivity contribution in [2.45, 2.75) is 26.7 Å². The first kappa shape index (κ1) is 10.5. The molecule has 0 saturated carbocycles. The predicted molar refractivity (Wildman–Crippen MR) is 59.7 cm³/mol. The van der Waals surface area contributed by atoms with Gasteiger partial charge in [-0.25, -0.2) is 4.98 Å². The molecule has 1 aromatic rings. The molecule has 0 spiro atoms. The van der Waals surface area contributed by atoms with Gasteiger partial charge in [0.2, 0.25) is 0 Å². The molecule has 0 aromatic carbocycles. The number of nitrogens with zero attached hydrogens (tertiary/aromatic N) is 1. The lowest BCUT2D eigenvalue weighted by atomic mass is 9.95. The number of hydrogen-bond acceptors (Lipinski definition) is 4. The molecule has 0 aliphatic heterocycles. The molecule has 0 radical (unpaired) electrons. The van der Waals surface area contributed by atoms with E-state index in [-0.39, 0.29) is 5.92 Å². The summed E-state index contributed by atoms with van der Waals surface area (Å²) in [6.45, 7) is 5.79. The van der Waals surface area contributed by atoms with Gasteiger partial charge in [0.1, 0.15) is 11.6 Å². The van der Waals surface area contributed by atoms with Crippen LogP contribution in [-0.4, -0.2) is 10.7 Å². The Morgan fingerprint density at radius 3 is 2.43 bits per heavy atom. The van der Waals surface area contributed by atoms with E-state index in [1.165, 1.54) is 0 Å². The lowest BCUT2D eigenvalue weighted by Crippen LogP contribution is -2.10. The second-order valence-electron chi connectivity index (χ2n) is 3.68. The summed E-state index contributed by atoms with van der Waals surface area (Å²) in [5, 5.41) is 7.62. The summed E-state index contributed by atoms with van der Waals surface area (Å²) in [6.07, 6.45) is 0. The van der Waals surface area contributed by atoms with Crippen LogP contribution in [0.3, 0.4) is 0 Å². The van der Waals surface area contributed by atoms with Gasteiger partial charge < -0.3 is 16.9 Å². The largest absolute Gasteiger partial charge is 0.384 e. The molecule has 1 rings (SSSR count). The molecule has 0 saturated heterocycles. The van der Waals surface area contributed by atoms with Gasteiger partial charge >= 0.3 is 0 Å². The molecule has 0 unspecified atom stereocenters. The van der Waals surface area contributed by atoms with Crippen LogP contribution in [0, 0.1) is 5.41 Å². The molecular formula is C10H16N4. The van der Waals surface area contributed by atoms with Gasteiger partial charge in [-0.3, -0.25) is 0 Å². The molecule has 0 atom stereocenters. The second kappa shape index (κ2) is 3.65. The van der Waals surface area contributed by atoms with Crippen molar-refractivity contribution in [3.05, 3.63) is 17.2 Å². The smallest absolute Gasteiger partial charge is 0.135 e. The minimum Gasteiger partial charge on any atom is -0.384 e. The van der Waals surface area contributed by atoms with Crippen LogP contribution in [0.2, 0.25) is 0 Å². The zero-order valence-electron chi connectivity index (χ0n) is 8.76. The average Bonchev–Trinajstić information content (AvgIpc) is 2.01. The fourth-order valence-corrected chi connectivity index (χ4v) is 1.47. The van der Waals surface area contributed by atoms with E-state index in [0.717, 1.165) is 5.56 Å². The molecule has 1 heterocycles. The zero-order valence-corrected chi connectivity index (χ0v) is 8.76. The number of hydrogen-bond donors (Lipinski definition) is 3. The van der Waals surface area contributed by atoms with Crippen molar-refractivity contribution in [1.82, 2.24) is 4.98 Å². The van der Waals surface area contributed by atoms with E-state index < -0.39 is 0 Å². The van der Waals surface area contributed by atoms with Crippen LogP contribution in [-0.2, 0) is 0 Å². The minimum absolute atomic E-state index is 0.290. The zero-order chi connectivity index (χ0) is 10.9. The molecule has 14 heavy (non-hydrogen) atoms. The standard InChI is InChI=1S/C10H16N4/c1-5(2)7-4-8(12)14-10(13)9(7)6(3)11/h4-5,11H,1-3H3,(H4,12,13,14). The average molecular weight is 192 g/mol. The first-order valence-electron chi connectivity index (χ1n) is 4.55. The topological polar surface area (TPSA) is 88.8 Å². The maximum Gasteiger partial charge on any atom is 0.135 e. The fraction of sp³-hybridized carbons (Fsp3) is 0.400. The van der Waals surface area contributed by atoms with E-state index in [0.29, 0.717) is 22.9 Å². The highest BCUT2D eigenvalue weighted by atomic mass is 14.9. The van der Waals surface area contributed by atoms with Gasteiger partial charge in [-0.2, -0.15) is 0 Å². The number of nitrogens with two attached hydrogens (primary N) is 2. The lowest BCUT2D eigenvalue weighted by molar-refractivity contribution is 0.861. The summed E-state index contributed by atoms with van der Waals surface area (Å²) < 4.78 is 0. The summed E-state index contributed by atoms with van der Waals surface area (Å²) in [4.78, 5) is 3.95. The van der Waals surface area contributed by atoms with Crippen molar-refractivity contribution < 1.29 is 0 Å². The van der Waals surface area contributed by atoms with Crippen LogP contribution < -0.4 is 11.5 Å². The predicted octanol–water partition coefficient (Wildman–Crippen LogP) is 1.76. The van der Waals surface area contributed by atoms with Gasteiger partial charge in [-0.05, 0) is 24.5 Å². The third-order valence-corrected chi connectivity index (χ3v) is 2.09. The Morgan fingerprint density at radius 2 is 2.00 bits per heavy atom. The van der Waals surface area contributed by atoms with Gasteiger partial charge in [0.05, 0.1) is 0 Å². The molecular weight excluding hydrogens is 176 g/mol. The van der Waals surface area contributed by atoms with E-state index in [1.807, 2.05) is 13.8 Å². The number of anilines is 2. The quantitative estimate of drug-likeness (QED) is 0.624. The van der Waals surface area contributed by atoms with Gasteiger partial charge in [-0.15, -0.1) is 0 Å². The van der Waals surface area contributed by atoms with Crippen LogP contribution in [0.25, 0.3) is 0 Å². The SMILES string of the molecule is CC(=N)c1c(C(C)C)cc(N)nc1N. The van der Waals surface area contributed by atoms with Gasteiger partial charge in [0.25, 0.3) is 0 Å².